The van der Waals surface area contributed by atoms with Gasteiger partial charge in [-0.1, -0.05) is 34.1 Å². The van der Waals surface area contributed by atoms with Crippen LogP contribution in [0.5, 0.6) is 0 Å². The molecule has 6 nitrogen and oxygen atoms in total. The van der Waals surface area contributed by atoms with Crippen molar-refractivity contribution in [1.29, 1.82) is 0 Å². The molecule has 3 heterocycles. The van der Waals surface area contributed by atoms with Gasteiger partial charge in [-0.3, -0.25) is 10.1 Å². The minimum Gasteiger partial charge on any atom is -0.298 e. The van der Waals surface area contributed by atoms with E-state index in [2.05, 4.69) is 42.4 Å². The monoisotopic (exact) mass is 413 g/mol. The van der Waals surface area contributed by atoms with E-state index in [0.29, 0.717) is 16.3 Å². The number of halogens is 1. The van der Waals surface area contributed by atoms with E-state index in [-0.39, 0.29) is 5.91 Å². The number of rotatable bonds is 4. The molecule has 1 aromatic carbocycles. The summed E-state index contributed by atoms with van der Waals surface area (Å²) in [6.45, 7) is 0. The van der Waals surface area contributed by atoms with Gasteiger partial charge in [-0.15, -0.1) is 11.3 Å². The summed E-state index contributed by atoms with van der Waals surface area (Å²) < 4.78 is 2.63. The molecule has 0 radical (unpaired) electrons. The van der Waals surface area contributed by atoms with Gasteiger partial charge in [0, 0.05) is 34.4 Å². The van der Waals surface area contributed by atoms with E-state index in [0.717, 1.165) is 15.8 Å². The molecule has 8 heteroatoms. The summed E-state index contributed by atoms with van der Waals surface area (Å²) in [6, 6.07) is 9.82. The number of anilines is 1. The molecule has 25 heavy (non-hydrogen) atoms. The normalized spacial score (nSPS) is 10.9. The first kappa shape index (κ1) is 15.9. The summed E-state index contributed by atoms with van der Waals surface area (Å²) >= 11 is 5.00. The van der Waals surface area contributed by atoms with Crippen LogP contribution in [0.25, 0.3) is 5.65 Å². The van der Waals surface area contributed by atoms with Gasteiger partial charge in [0.15, 0.2) is 10.8 Å². The van der Waals surface area contributed by atoms with Crippen molar-refractivity contribution in [3.8, 4) is 0 Å². The number of benzene rings is 1. The zero-order chi connectivity index (χ0) is 17.2. The lowest BCUT2D eigenvalue weighted by Crippen LogP contribution is -2.11. The van der Waals surface area contributed by atoms with Crippen LogP contribution in [-0.4, -0.2) is 25.5 Å². The zero-order valence-corrected chi connectivity index (χ0v) is 15.3. The largest absolute Gasteiger partial charge is 0.298 e. The van der Waals surface area contributed by atoms with E-state index < -0.39 is 0 Å². The molecular formula is C17H12BrN5OS. The highest BCUT2D eigenvalue weighted by molar-refractivity contribution is 9.10. The Bertz CT molecular complexity index is 1060. The molecule has 0 fully saturated rings. The smallest absolute Gasteiger partial charge is 0.262 e. The van der Waals surface area contributed by atoms with Crippen LogP contribution in [0, 0.1) is 0 Å². The number of aromatic nitrogens is 4. The lowest BCUT2D eigenvalue weighted by Gasteiger charge is -2.01. The van der Waals surface area contributed by atoms with E-state index in [1.54, 1.807) is 29.2 Å². The SMILES string of the molecule is O=C(Nc1ncc(Cc2ccccc2Br)s1)c1cnn2cccnc12. The van der Waals surface area contributed by atoms with Gasteiger partial charge < -0.3 is 0 Å². The Morgan fingerprint density at radius 2 is 2.08 bits per heavy atom. The molecule has 0 saturated heterocycles. The van der Waals surface area contributed by atoms with Crippen molar-refractivity contribution in [2.75, 3.05) is 5.32 Å². The lowest BCUT2D eigenvalue weighted by molar-refractivity contribution is 0.102. The van der Waals surface area contributed by atoms with Crippen molar-refractivity contribution in [3.05, 3.63) is 75.6 Å². The molecule has 1 N–H and O–H groups in total. The molecule has 4 rings (SSSR count). The average molecular weight is 414 g/mol. The van der Waals surface area contributed by atoms with E-state index in [4.69, 9.17) is 0 Å². The maximum absolute atomic E-state index is 12.5. The molecule has 0 aliphatic heterocycles. The number of carbonyl (C=O) groups excluding carboxylic acids is 1. The minimum atomic E-state index is -0.268. The topological polar surface area (TPSA) is 72.2 Å². The van der Waals surface area contributed by atoms with E-state index in [1.807, 2.05) is 18.2 Å². The second-order valence-corrected chi connectivity index (χ2v) is 7.27. The summed E-state index contributed by atoms with van der Waals surface area (Å²) in [4.78, 5) is 22.0. The highest BCUT2D eigenvalue weighted by atomic mass is 79.9. The van der Waals surface area contributed by atoms with Crippen LogP contribution in [0.2, 0.25) is 0 Å². The zero-order valence-electron chi connectivity index (χ0n) is 12.9. The quantitative estimate of drug-likeness (QED) is 0.552. The Hall–Kier alpha value is -2.58. The van der Waals surface area contributed by atoms with Crippen molar-refractivity contribution >= 4 is 44.0 Å². The summed E-state index contributed by atoms with van der Waals surface area (Å²) in [6.07, 6.45) is 7.43. The van der Waals surface area contributed by atoms with Crippen LogP contribution in [0.3, 0.4) is 0 Å². The van der Waals surface area contributed by atoms with E-state index in [9.17, 15) is 4.79 Å². The number of hydrogen-bond acceptors (Lipinski definition) is 5. The Labute approximate surface area is 155 Å². The number of fused-ring (bicyclic) bond motifs is 1. The van der Waals surface area contributed by atoms with Gasteiger partial charge in [0.05, 0.1) is 6.20 Å². The third-order valence-electron chi connectivity index (χ3n) is 3.62. The van der Waals surface area contributed by atoms with Gasteiger partial charge in [-0.25, -0.2) is 14.5 Å². The van der Waals surface area contributed by atoms with Gasteiger partial charge in [-0.05, 0) is 17.7 Å². The van der Waals surface area contributed by atoms with Crippen LogP contribution >= 0.6 is 27.3 Å². The standard InChI is InChI=1S/C17H12BrN5OS/c18-14-5-2-1-4-11(14)8-12-9-20-17(25-12)22-16(24)13-10-21-23-7-3-6-19-15(13)23/h1-7,9-10H,8H2,(H,20,22,24). The fraction of sp³-hybridized carbons (Fsp3) is 0.0588. The van der Waals surface area contributed by atoms with Crippen LogP contribution in [0.4, 0.5) is 5.13 Å². The van der Waals surface area contributed by atoms with Crippen LogP contribution in [0.1, 0.15) is 20.8 Å². The molecule has 0 atom stereocenters. The van der Waals surface area contributed by atoms with Crippen molar-refractivity contribution < 1.29 is 4.79 Å². The van der Waals surface area contributed by atoms with Crippen LogP contribution in [0.15, 0.2) is 59.6 Å². The predicted octanol–water partition coefficient (Wildman–Crippen LogP) is 3.79. The number of nitrogens with zero attached hydrogens (tertiary/aromatic N) is 4. The summed E-state index contributed by atoms with van der Waals surface area (Å²) in [5.74, 6) is -0.268. The number of nitrogens with one attached hydrogen (secondary N) is 1. The van der Waals surface area contributed by atoms with Gasteiger partial charge >= 0.3 is 0 Å². The molecule has 3 aromatic heterocycles. The Balaban J connectivity index is 1.51. The third kappa shape index (κ3) is 3.31. The van der Waals surface area contributed by atoms with Crippen molar-refractivity contribution in [3.63, 3.8) is 0 Å². The number of thiazole rings is 1. The molecule has 0 aliphatic rings. The highest BCUT2D eigenvalue weighted by Crippen LogP contribution is 2.25. The Morgan fingerprint density at radius 3 is 2.96 bits per heavy atom. The summed E-state index contributed by atoms with van der Waals surface area (Å²) in [5, 5.41) is 7.50. The number of amides is 1. The molecule has 0 unspecified atom stereocenters. The second-order valence-electron chi connectivity index (χ2n) is 5.30. The minimum absolute atomic E-state index is 0.268. The van der Waals surface area contributed by atoms with Gasteiger partial charge in [0.1, 0.15) is 5.56 Å². The number of hydrogen-bond donors (Lipinski definition) is 1. The molecule has 0 saturated carbocycles. The molecule has 0 spiro atoms. The maximum atomic E-state index is 12.5. The molecular weight excluding hydrogens is 402 g/mol. The average Bonchev–Trinajstić information content (AvgIpc) is 3.23. The number of carbonyl (C=O) groups is 1. The van der Waals surface area contributed by atoms with Crippen molar-refractivity contribution in [1.82, 2.24) is 19.6 Å². The van der Waals surface area contributed by atoms with Gasteiger partial charge in [0.25, 0.3) is 5.91 Å². The van der Waals surface area contributed by atoms with Gasteiger partial charge in [-0.2, -0.15) is 5.10 Å². The summed E-state index contributed by atoms with van der Waals surface area (Å²) in [5.41, 5.74) is 2.11. The van der Waals surface area contributed by atoms with E-state index >= 15 is 0 Å². The maximum Gasteiger partial charge on any atom is 0.262 e. The van der Waals surface area contributed by atoms with Crippen LogP contribution < -0.4 is 5.32 Å². The Morgan fingerprint density at radius 1 is 1.20 bits per heavy atom. The fourth-order valence-corrected chi connectivity index (χ4v) is 3.68. The summed E-state index contributed by atoms with van der Waals surface area (Å²) in [7, 11) is 0. The molecule has 124 valence electrons. The first-order chi connectivity index (χ1) is 12.2. The van der Waals surface area contributed by atoms with Crippen LogP contribution in [-0.2, 0) is 6.42 Å². The lowest BCUT2D eigenvalue weighted by atomic mass is 10.1. The first-order valence-electron chi connectivity index (χ1n) is 7.48. The second kappa shape index (κ2) is 6.73. The molecule has 0 bridgehead atoms. The van der Waals surface area contributed by atoms with Crippen molar-refractivity contribution in [2.45, 2.75) is 6.42 Å². The third-order valence-corrected chi connectivity index (χ3v) is 5.31. The highest BCUT2D eigenvalue weighted by Gasteiger charge is 2.15. The van der Waals surface area contributed by atoms with E-state index in [1.165, 1.54) is 23.1 Å². The fourth-order valence-electron chi connectivity index (χ4n) is 2.43. The molecule has 1 amide bonds. The molecule has 4 aromatic rings. The molecule has 0 aliphatic carbocycles. The Kier molecular flexibility index (Phi) is 4.29. The first-order valence-corrected chi connectivity index (χ1v) is 9.09. The predicted molar refractivity (Wildman–Crippen MR) is 100 cm³/mol. The van der Waals surface area contributed by atoms with Gasteiger partial charge in [0.2, 0.25) is 0 Å². The van der Waals surface area contributed by atoms with Crippen molar-refractivity contribution in [2.24, 2.45) is 0 Å².